The minimum absolute atomic E-state index is 0.105. The summed E-state index contributed by atoms with van der Waals surface area (Å²) < 4.78 is 0. The number of imide groups is 1. The molecule has 2 aliphatic heterocycles. The van der Waals surface area contributed by atoms with Crippen molar-refractivity contribution in [3.8, 4) is 0 Å². The highest BCUT2D eigenvalue weighted by Gasteiger charge is 2.52. The molecule has 3 fully saturated rings. The van der Waals surface area contributed by atoms with Crippen molar-refractivity contribution in [2.75, 3.05) is 24.7 Å². The summed E-state index contributed by atoms with van der Waals surface area (Å²) in [5.74, 6) is 0.728. The van der Waals surface area contributed by atoms with Gasteiger partial charge in [-0.2, -0.15) is 0 Å². The summed E-state index contributed by atoms with van der Waals surface area (Å²) in [4.78, 5) is 51.1. The molecule has 1 saturated carbocycles. The Kier molecular flexibility index (Phi) is 5.21. The molecule has 1 unspecified atom stereocenters. The van der Waals surface area contributed by atoms with E-state index >= 15 is 0 Å². The second-order valence-corrected chi connectivity index (χ2v) is 7.83. The van der Waals surface area contributed by atoms with Crippen LogP contribution in [0.1, 0.15) is 39.0 Å². The van der Waals surface area contributed by atoms with Gasteiger partial charge in [0.1, 0.15) is 11.6 Å². The molecule has 1 atom stereocenters. The number of rotatable bonds is 5. The van der Waals surface area contributed by atoms with Crippen LogP contribution in [0.15, 0.2) is 0 Å². The number of amides is 5. The Morgan fingerprint density at radius 3 is 2.72 bits per heavy atom. The Balaban J connectivity index is 1.44. The van der Waals surface area contributed by atoms with E-state index in [2.05, 4.69) is 10.6 Å². The van der Waals surface area contributed by atoms with Crippen LogP contribution in [0.5, 0.6) is 0 Å². The van der Waals surface area contributed by atoms with Gasteiger partial charge in [-0.05, 0) is 19.3 Å². The van der Waals surface area contributed by atoms with E-state index < -0.39 is 11.6 Å². The maximum Gasteiger partial charge on any atom is 0.325 e. The van der Waals surface area contributed by atoms with Gasteiger partial charge in [0.05, 0.1) is 5.88 Å². The second-order valence-electron chi connectivity index (χ2n) is 6.83. The number of hydrogen-bond donors (Lipinski definition) is 2. The van der Waals surface area contributed by atoms with Crippen molar-refractivity contribution in [3.63, 3.8) is 0 Å². The van der Waals surface area contributed by atoms with Crippen LogP contribution >= 0.6 is 11.8 Å². The first-order valence-electron chi connectivity index (χ1n) is 8.71. The summed E-state index contributed by atoms with van der Waals surface area (Å²) in [6, 6.07) is -0.755. The van der Waals surface area contributed by atoms with Gasteiger partial charge in [-0.25, -0.2) is 4.79 Å². The number of hydrogen-bond acceptors (Lipinski definition) is 5. The molecule has 0 bridgehead atoms. The lowest BCUT2D eigenvalue weighted by Crippen LogP contribution is -2.47. The van der Waals surface area contributed by atoms with E-state index in [1.54, 1.807) is 16.7 Å². The van der Waals surface area contributed by atoms with E-state index in [-0.39, 0.29) is 23.8 Å². The molecule has 0 aromatic rings. The number of urea groups is 1. The Morgan fingerprint density at radius 1 is 1.32 bits per heavy atom. The Labute approximate surface area is 151 Å². The summed E-state index contributed by atoms with van der Waals surface area (Å²) >= 11 is 1.56. The molecule has 25 heavy (non-hydrogen) atoms. The zero-order chi connectivity index (χ0) is 18.0. The Bertz CT molecular complexity index is 591. The molecular formula is C16H24N4O4S. The Hall–Kier alpha value is -1.77. The largest absolute Gasteiger partial charge is 0.354 e. The molecule has 3 rings (SSSR count). The van der Waals surface area contributed by atoms with Gasteiger partial charge in [0.25, 0.3) is 5.91 Å². The van der Waals surface area contributed by atoms with Crippen molar-refractivity contribution in [1.82, 2.24) is 20.4 Å². The van der Waals surface area contributed by atoms with Crippen LogP contribution in [0.2, 0.25) is 0 Å². The van der Waals surface area contributed by atoms with Crippen molar-refractivity contribution in [2.24, 2.45) is 0 Å². The van der Waals surface area contributed by atoms with Crippen LogP contribution in [-0.4, -0.2) is 69.9 Å². The molecule has 5 amide bonds. The molecule has 2 saturated heterocycles. The Morgan fingerprint density at radius 2 is 2.04 bits per heavy atom. The lowest BCUT2D eigenvalue weighted by atomic mass is 9.98. The fraction of sp³-hybridized carbons (Fsp3) is 0.750. The lowest BCUT2D eigenvalue weighted by molar-refractivity contribution is -0.136. The van der Waals surface area contributed by atoms with E-state index in [0.717, 1.165) is 12.8 Å². The van der Waals surface area contributed by atoms with E-state index in [4.69, 9.17) is 0 Å². The molecular weight excluding hydrogens is 344 g/mol. The van der Waals surface area contributed by atoms with Crippen molar-refractivity contribution in [2.45, 2.75) is 50.6 Å². The predicted molar refractivity (Wildman–Crippen MR) is 92.7 cm³/mol. The summed E-state index contributed by atoms with van der Waals surface area (Å²) in [5, 5.41) is 5.65. The number of carbonyl (C=O) groups excluding carboxylic acids is 4. The van der Waals surface area contributed by atoms with Crippen LogP contribution in [0, 0.1) is 0 Å². The number of nitrogens with one attached hydrogen (secondary N) is 2. The third kappa shape index (κ3) is 3.47. The van der Waals surface area contributed by atoms with Crippen molar-refractivity contribution < 1.29 is 19.2 Å². The SMILES string of the molecule is CC(=O)N1CSCC1C(=O)NCCCN1C(=O)NC2(CCCC2)C1=O. The molecule has 1 spiro atoms. The molecule has 3 aliphatic rings. The standard InChI is InChI=1S/C16H24N4O4S/c1-11(21)20-10-25-9-12(20)13(22)17-7-4-8-19-14(23)16(18-15(19)24)5-2-3-6-16/h12H,2-10H2,1H3,(H,17,22)(H,18,24). The molecule has 0 aromatic heterocycles. The predicted octanol–water partition coefficient (Wildman–Crippen LogP) is 0.279. The van der Waals surface area contributed by atoms with Gasteiger partial charge in [-0.1, -0.05) is 12.8 Å². The molecule has 9 heteroatoms. The maximum absolute atomic E-state index is 12.5. The van der Waals surface area contributed by atoms with Crippen LogP contribution in [-0.2, 0) is 14.4 Å². The van der Waals surface area contributed by atoms with Crippen molar-refractivity contribution in [3.05, 3.63) is 0 Å². The summed E-state index contributed by atoms with van der Waals surface area (Å²) in [5.41, 5.74) is -0.677. The first-order chi connectivity index (χ1) is 11.9. The third-order valence-electron chi connectivity index (χ3n) is 5.15. The van der Waals surface area contributed by atoms with Crippen LogP contribution in [0.3, 0.4) is 0 Å². The highest BCUT2D eigenvalue weighted by atomic mass is 32.2. The first-order valence-corrected chi connectivity index (χ1v) is 9.87. The van der Waals surface area contributed by atoms with Gasteiger partial charge in [0.2, 0.25) is 11.8 Å². The van der Waals surface area contributed by atoms with E-state index in [1.165, 1.54) is 11.8 Å². The number of thioether (sulfide) groups is 1. The van der Waals surface area contributed by atoms with Gasteiger partial charge >= 0.3 is 6.03 Å². The fourth-order valence-corrected chi connectivity index (χ4v) is 4.95. The van der Waals surface area contributed by atoms with Crippen LogP contribution in [0.25, 0.3) is 0 Å². The summed E-state index contributed by atoms with van der Waals surface area (Å²) in [6.07, 6.45) is 3.85. The fourth-order valence-electron chi connectivity index (χ4n) is 3.73. The minimum atomic E-state index is -0.677. The van der Waals surface area contributed by atoms with Crippen molar-refractivity contribution >= 4 is 35.5 Å². The lowest BCUT2D eigenvalue weighted by Gasteiger charge is -2.22. The quantitative estimate of drug-likeness (QED) is 0.536. The van der Waals surface area contributed by atoms with Crippen LogP contribution < -0.4 is 10.6 Å². The molecule has 1 aliphatic carbocycles. The average molecular weight is 368 g/mol. The molecule has 0 aromatic carbocycles. The molecule has 0 radical (unpaired) electrons. The highest BCUT2D eigenvalue weighted by molar-refractivity contribution is 7.99. The number of nitrogens with zero attached hydrogens (tertiary/aromatic N) is 2. The maximum atomic E-state index is 12.5. The molecule has 2 N–H and O–H groups in total. The molecule has 2 heterocycles. The third-order valence-corrected chi connectivity index (χ3v) is 6.16. The monoisotopic (exact) mass is 368 g/mol. The topological polar surface area (TPSA) is 98.8 Å². The van der Waals surface area contributed by atoms with Gasteiger partial charge in [-0.3, -0.25) is 19.3 Å². The first kappa shape index (κ1) is 18.0. The van der Waals surface area contributed by atoms with E-state index in [9.17, 15) is 19.2 Å². The average Bonchev–Trinajstić information content (AvgIpc) is 3.27. The summed E-state index contributed by atoms with van der Waals surface area (Å²) in [7, 11) is 0. The second kappa shape index (κ2) is 7.23. The van der Waals surface area contributed by atoms with Gasteiger partial charge in [0.15, 0.2) is 0 Å². The zero-order valence-electron chi connectivity index (χ0n) is 14.4. The summed E-state index contributed by atoms with van der Waals surface area (Å²) in [6.45, 7) is 2.13. The van der Waals surface area contributed by atoms with E-state index in [1.807, 2.05) is 0 Å². The van der Waals surface area contributed by atoms with Crippen LogP contribution in [0.4, 0.5) is 4.79 Å². The minimum Gasteiger partial charge on any atom is -0.354 e. The zero-order valence-corrected chi connectivity index (χ0v) is 15.2. The van der Waals surface area contributed by atoms with Gasteiger partial charge < -0.3 is 15.5 Å². The smallest absolute Gasteiger partial charge is 0.325 e. The van der Waals surface area contributed by atoms with E-state index in [0.29, 0.717) is 44.0 Å². The highest BCUT2D eigenvalue weighted by Crippen LogP contribution is 2.34. The van der Waals surface area contributed by atoms with Crippen molar-refractivity contribution in [1.29, 1.82) is 0 Å². The molecule has 138 valence electrons. The molecule has 8 nitrogen and oxygen atoms in total. The normalized spacial score (nSPS) is 24.9. The number of carbonyl (C=O) groups is 4. The van der Waals surface area contributed by atoms with Gasteiger partial charge in [-0.15, -0.1) is 11.8 Å². The van der Waals surface area contributed by atoms with Gasteiger partial charge in [0, 0.05) is 25.8 Å².